The zero-order valence-corrected chi connectivity index (χ0v) is 8.36. The Kier molecular flexibility index (Phi) is 2.14. The van der Waals surface area contributed by atoms with Gasteiger partial charge in [-0.3, -0.25) is 4.68 Å². The summed E-state index contributed by atoms with van der Waals surface area (Å²) in [7, 11) is 0. The lowest BCUT2D eigenvalue weighted by atomic mass is 10.2. The summed E-state index contributed by atoms with van der Waals surface area (Å²) in [6.07, 6.45) is 2.60. The van der Waals surface area contributed by atoms with Crippen LogP contribution in [0.25, 0.3) is 10.9 Å². The van der Waals surface area contributed by atoms with Gasteiger partial charge >= 0.3 is 0 Å². The van der Waals surface area contributed by atoms with Crippen molar-refractivity contribution < 1.29 is 4.79 Å². The average Bonchev–Trinajstić information content (AvgIpc) is 2.49. The number of carbonyl (C=O) groups is 1. The molecular weight excluding hydrogens is 232 g/mol. The topological polar surface area (TPSA) is 34.9 Å². The highest BCUT2D eigenvalue weighted by molar-refractivity contribution is 9.10. The molecule has 66 valence electrons. The maximum absolute atomic E-state index is 10.3. The number of carbonyl (C=O) groups excluding carboxylic acids is 1. The van der Waals surface area contributed by atoms with Gasteiger partial charge in [0.05, 0.1) is 18.3 Å². The third-order valence-corrected chi connectivity index (χ3v) is 2.35. The Hall–Kier alpha value is -1.16. The van der Waals surface area contributed by atoms with E-state index in [9.17, 15) is 4.79 Å². The lowest BCUT2D eigenvalue weighted by molar-refractivity contribution is -0.108. The maximum Gasteiger partial charge on any atom is 0.141 e. The van der Waals surface area contributed by atoms with Gasteiger partial charge in [0.2, 0.25) is 0 Å². The zero-order valence-electron chi connectivity index (χ0n) is 6.77. The molecule has 0 unspecified atom stereocenters. The number of rotatable bonds is 2. The summed E-state index contributed by atoms with van der Waals surface area (Å²) < 4.78 is 2.67. The van der Waals surface area contributed by atoms with Gasteiger partial charge in [0.25, 0.3) is 0 Å². The first kappa shape index (κ1) is 8.44. The van der Waals surface area contributed by atoms with Gasteiger partial charge in [-0.1, -0.05) is 22.0 Å². The van der Waals surface area contributed by atoms with Crippen LogP contribution in [0.3, 0.4) is 0 Å². The molecule has 0 amide bonds. The number of benzene rings is 1. The van der Waals surface area contributed by atoms with Crippen molar-refractivity contribution in [2.75, 3.05) is 0 Å². The van der Waals surface area contributed by atoms with Crippen molar-refractivity contribution in [1.29, 1.82) is 0 Å². The molecule has 2 aromatic rings. The molecule has 2 rings (SSSR count). The Balaban J connectivity index is 2.64. The van der Waals surface area contributed by atoms with Crippen LogP contribution < -0.4 is 0 Å². The normalized spacial score (nSPS) is 10.5. The quantitative estimate of drug-likeness (QED) is 0.751. The molecule has 1 aromatic carbocycles. The highest BCUT2D eigenvalue weighted by Crippen LogP contribution is 2.18. The molecule has 1 heterocycles. The van der Waals surface area contributed by atoms with Crippen LogP contribution >= 0.6 is 15.9 Å². The SMILES string of the molecule is O=CCn1ncc2ccc(Br)cc21. The summed E-state index contributed by atoms with van der Waals surface area (Å²) in [5, 5.41) is 5.14. The van der Waals surface area contributed by atoms with Crippen LogP contribution in [0, 0.1) is 0 Å². The van der Waals surface area contributed by atoms with E-state index in [-0.39, 0.29) is 0 Å². The lowest BCUT2D eigenvalue weighted by Crippen LogP contribution is -1.99. The van der Waals surface area contributed by atoms with Crippen molar-refractivity contribution in [3.8, 4) is 0 Å². The predicted octanol–water partition coefficient (Wildman–Crippen LogP) is 2.00. The van der Waals surface area contributed by atoms with Crippen LogP contribution in [0.5, 0.6) is 0 Å². The van der Waals surface area contributed by atoms with Crippen LogP contribution in [-0.4, -0.2) is 16.1 Å². The third kappa shape index (κ3) is 1.49. The number of nitrogens with zero attached hydrogens (tertiary/aromatic N) is 2. The molecule has 4 heteroatoms. The van der Waals surface area contributed by atoms with Crippen molar-refractivity contribution in [1.82, 2.24) is 9.78 Å². The summed E-state index contributed by atoms with van der Waals surface area (Å²) in [5.41, 5.74) is 0.974. The standard InChI is InChI=1S/C9H7BrN2O/c10-8-2-1-7-6-11-12(3-4-13)9(7)5-8/h1-2,4-6H,3H2. The molecule has 0 atom stereocenters. The van der Waals surface area contributed by atoms with E-state index in [1.807, 2.05) is 18.2 Å². The van der Waals surface area contributed by atoms with Crippen LogP contribution in [0.1, 0.15) is 0 Å². The first-order valence-electron chi connectivity index (χ1n) is 3.86. The lowest BCUT2D eigenvalue weighted by Gasteiger charge is -1.97. The van der Waals surface area contributed by atoms with Crippen LogP contribution in [0.4, 0.5) is 0 Å². The maximum atomic E-state index is 10.3. The molecule has 0 radical (unpaired) electrons. The summed E-state index contributed by atoms with van der Waals surface area (Å²) in [6.45, 7) is 0.306. The first-order valence-corrected chi connectivity index (χ1v) is 4.65. The van der Waals surface area contributed by atoms with Crippen molar-refractivity contribution in [3.05, 3.63) is 28.9 Å². The monoisotopic (exact) mass is 238 g/mol. The summed E-state index contributed by atoms with van der Waals surface area (Å²) in [4.78, 5) is 10.3. The highest BCUT2D eigenvalue weighted by atomic mass is 79.9. The second-order valence-electron chi connectivity index (χ2n) is 2.70. The Morgan fingerprint density at radius 1 is 1.54 bits per heavy atom. The molecule has 0 fully saturated rings. The fourth-order valence-corrected chi connectivity index (χ4v) is 1.61. The van der Waals surface area contributed by atoms with Crippen LogP contribution in [0.15, 0.2) is 28.9 Å². The predicted molar refractivity (Wildman–Crippen MR) is 53.5 cm³/mol. The highest BCUT2D eigenvalue weighted by Gasteiger charge is 2.01. The molecule has 1 aromatic heterocycles. The minimum absolute atomic E-state index is 0.306. The van der Waals surface area contributed by atoms with E-state index in [1.165, 1.54) is 0 Å². The number of halogens is 1. The largest absolute Gasteiger partial charge is 0.301 e. The van der Waals surface area contributed by atoms with Crippen LogP contribution in [0.2, 0.25) is 0 Å². The third-order valence-electron chi connectivity index (χ3n) is 1.85. The van der Waals surface area contributed by atoms with Gasteiger partial charge in [0, 0.05) is 9.86 Å². The minimum Gasteiger partial charge on any atom is -0.301 e. The zero-order chi connectivity index (χ0) is 9.26. The molecular formula is C9H7BrN2O. The Morgan fingerprint density at radius 3 is 3.15 bits per heavy atom. The molecule has 0 aliphatic rings. The number of fused-ring (bicyclic) bond motifs is 1. The van der Waals surface area contributed by atoms with Gasteiger partial charge in [0.15, 0.2) is 0 Å². The van der Waals surface area contributed by atoms with E-state index in [4.69, 9.17) is 0 Å². The average molecular weight is 239 g/mol. The van der Waals surface area contributed by atoms with Crippen molar-refractivity contribution in [3.63, 3.8) is 0 Å². The molecule has 0 saturated heterocycles. The fraction of sp³-hybridized carbons (Fsp3) is 0.111. The molecule has 0 saturated carbocycles. The molecule has 0 bridgehead atoms. The summed E-state index contributed by atoms with van der Waals surface area (Å²) >= 11 is 3.37. The van der Waals surface area contributed by atoms with Gasteiger partial charge in [-0.05, 0) is 12.1 Å². The number of hydrogen-bond acceptors (Lipinski definition) is 2. The molecule has 0 N–H and O–H groups in total. The number of aromatic nitrogens is 2. The fourth-order valence-electron chi connectivity index (χ4n) is 1.26. The van der Waals surface area contributed by atoms with E-state index < -0.39 is 0 Å². The van der Waals surface area contributed by atoms with Crippen LogP contribution in [-0.2, 0) is 11.3 Å². The summed E-state index contributed by atoms with van der Waals surface area (Å²) in [5.74, 6) is 0. The van der Waals surface area contributed by atoms with Gasteiger partial charge in [-0.15, -0.1) is 0 Å². The second-order valence-corrected chi connectivity index (χ2v) is 3.61. The van der Waals surface area contributed by atoms with Gasteiger partial charge in [-0.25, -0.2) is 0 Å². The van der Waals surface area contributed by atoms with Crippen molar-refractivity contribution in [2.45, 2.75) is 6.54 Å². The Bertz CT molecular complexity index is 450. The van der Waals surface area contributed by atoms with E-state index in [2.05, 4.69) is 21.0 Å². The number of hydrogen-bond donors (Lipinski definition) is 0. The van der Waals surface area contributed by atoms with Gasteiger partial charge in [0.1, 0.15) is 6.29 Å². The summed E-state index contributed by atoms with van der Waals surface area (Å²) in [6, 6.07) is 5.87. The second kappa shape index (κ2) is 3.30. The molecule has 0 aliphatic carbocycles. The van der Waals surface area contributed by atoms with Gasteiger partial charge < -0.3 is 4.79 Å². The Labute approximate surface area is 83.5 Å². The first-order chi connectivity index (χ1) is 6.31. The molecule has 3 nitrogen and oxygen atoms in total. The van der Waals surface area contributed by atoms with E-state index in [1.54, 1.807) is 10.9 Å². The minimum atomic E-state index is 0.306. The smallest absolute Gasteiger partial charge is 0.141 e. The molecule has 0 aliphatic heterocycles. The number of aldehydes is 1. The molecule has 13 heavy (non-hydrogen) atoms. The molecule has 0 spiro atoms. The van der Waals surface area contributed by atoms with E-state index >= 15 is 0 Å². The Morgan fingerprint density at radius 2 is 2.38 bits per heavy atom. The van der Waals surface area contributed by atoms with E-state index in [0.29, 0.717) is 6.54 Å². The van der Waals surface area contributed by atoms with Crippen molar-refractivity contribution >= 4 is 33.1 Å². The van der Waals surface area contributed by atoms with Gasteiger partial charge in [-0.2, -0.15) is 5.10 Å². The van der Waals surface area contributed by atoms with Crippen molar-refractivity contribution in [2.24, 2.45) is 0 Å². The van der Waals surface area contributed by atoms with E-state index in [0.717, 1.165) is 21.7 Å².